The van der Waals surface area contributed by atoms with Gasteiger partial charge in [-0.1, -0.05) is 72.8 Å². The molecule has 3 aromatic carbocycles. The standard InChI is InChI=1S/C23H19FN2S/c24-21-9-5-4-8-20(21)14-25-16-23-26-15-22(27-23)19-12-10-18(11-13-19)17-6-2-1-3-7-17/h1-13,15,25H,14,16H2. The molecule has 0 aliphatic carbocycles. The summed E-state index contributed by atoms with van der Waals surface area (Å²) in [7, 11) is 0. The second-order valence-electron chi connectivity index (χ2n) is 6.26. The van der Waals surface area contributed by atoms with Gasteiger partial charge in [0.15, 0.2) is 0 Å². The predicted molar refractivity (Wildman–Crippen MR) is 110 cm³/mol. The number of rotatable bonds is 6. The minimum atomic E-state index is -0.177. The van der Waals surface area contributed by atoms with Gasteiger partial charge in [-0.05, 0) is 22.8 Å². The van der Waals surface area contributed by atoms with Crippen LogP contribution >= 0.6 is 11.3 Å². The van der Waals surface area contributed by atoms with Gasteiger partial charge in [-0.2, -0.15) is 0 Å². The molecule has 0 aliphatic heterocycles. The fraction of sp³-hybridized carbons (Fsp3) is 0.0870. The van der Waals surface area contributed by atoms with Gasteiger partial charge >= 0.3 is 0 Å². The molecule has 0 saturated carbocycles. The third-order valence-corrected chi connectivity index (χ3v) is 5.43. The van der Waals surface area contributed by atoms with Crippen LogP contribution in [0.1, 0.15) is 10.6 Å². The summed E-state index contributed by atoms with van der Waals surface area (Å²) in [5.74, 6) is -0.177. The number of aromatic nitrogens is 1. The van der Waals surface area contributed by atoms with Gasteiger partial charge in [0.25, 0.3) is 0 Å². The van der Waals surface area contributed by atoms with Gasteiger partial charge in [0.2, 0.25) is 0 Å². The molecule has 4 aromatic rings. The van der Waals surface area contributed by atoms with Crippen LogP contribution < -0.4 is 5.32 Å². The first kappa shape index (κ1) is 17.6. The van der Waals surface area contributed by atoms with Crippen LogP contribution in [0.4, 0.5) is 4.39 Å². The molecule has 1 aromatic heterocycles. The zero-order valence-corrected chi connectivity index (χ0v) is 15.5. The van der Waals surface area contributed by atoms with Gasteiger partial charge < -0.3 is 5.32 Å². The molecule has 27 heavy (non-hydrogen) atoms. The molecular formula is C23H19FN2S. The van der Waals surface area contributed by atoms with E-state index in [1.54, 1.807) is 23.5 Å². The Morgan fingerprint density at radius 1 is 0.741 bits per heavy atom. The van der Waals surface area contributed by atoms with Gasteiger partial charge in [0.1, 0.15) is 10.8 Å². The van der Waals surface area contributed by atoms with Crippen LogP contribution in [0, 0.1) is 5.82 Å². The second-order valence-corrected chi connectivity index (χ2v) is 7.37. The maximum atomic E-state index is 13.6. The lowest BCUT2D eigenvalue weighted by molar-refractivity contribution is 0.587. The van der Waals surface area contributed by atoms with Crippen molar-refractivity contribution in [2.75, 3.05) is 0 Å². The molecule has 0 spiro atoms. The molecule has 0 amide bonds. The van der Waals surface area contributed by atoms with Crippen LogP contribution in [-0.4, -0.2) is 4.98 Å². The first-order chi connectivity index (χ1) is 13.3. The van der Waals surface area contributed by atoms with Crippen molar-refractivity contribution < 1.29 is 4.39 Å². The Kier molecular flexibility index (Phi) is 5.37. The maximum Gasteiger partial charge on any atom is 0.127 e. The molecular weight excluding hydrogens is 355 g/mol. The molecule has 0 fully saturated rings. The Morgan fingerprint density at radius 2 is 1.41 bits per heavy atom. The van der Waals surface area contributed by atoms with Crippen LogP contribution in [0.25, 0.3) is 21.6 Å². The van der Waals surface area contributed by atoms with Crippen LogP contribution in [-0.2, 0) is 13.1 Å². The summed E-state index contributed by atoms with van der Waals surface area (Å²) in [5.41, 5.74) is 4.25. The Balaban J connectivity index is 1.40. The molecule has 0 unspecified atom stereocenters. The van der Waals surface area contributed by atoms with Crippen molar-refractivity contribution in [3.8, 4) is 21.6 Å². The zero-order chi connectivity index (χ0) is 18.5. The van der Waals surface area contributed by atoms with Crippen LogP contribution in [0.15, 0.2) is 85.1 Å². The van der Waals surface area contributed by atoms with Crippen molar-refractivity contribution in [2.45, 2.75) is 13.1 Å². The van der Waals surface area contributed by atoms with Crippen LogP contribution in [0.5, 0.6) is 0 Å². The highest BCUT2D eigenvalue weighted by molar-refractivity contribution is 7.15. The lowest BCUT2D eigenvalue weighted by Crippen LogP contribution is -2.13. The molecule has 0 bridgehead atoms. The van der Waals surface area contributed by atoms with E-state index in [9.17, 15) is 4.39 Å². The number of thiazole rings is 1. The SMILES string of the molecule is Fc1ccccc1CNCc1ncc(-c2ccc(-c3ccccc3)cc2)s1. The van der Waals surface area contributed by atoms with Gasteiger partial charge in [-0.3, -0.25) is 0 Å². The Hall–Kier alpha value is -2.82. The van der Waals surface area contributed by atoms with Gasteiger partial charge in [-0.25, -0.2) is 9.37 Å². The average molecular weight is 374 g/mol. The third-order valence-electron chi connectivity index (χ3n) is 4.38. The number of hydrogen-bond donors (Lipinski definition) is 1. The van der Waals surface area contributed by atoms with Crippen LogP contribution in [0.2, 0.25) is 0 Å². The summed E-state index contributed by atoms with van der Waals surface area (Å²) in [6, 6.07) is 25.7. The van der Waals surface area contributed by atoms with E-state index in [4.69, 9.17) is 0 Å². The molecule has 2 nitrogen and oxygen atoms in total. The maximum absolute atomic E-state index is 13.6. The van der Waals surface area contributed by atoms with Crippen molar-refractivity contribution in [3.63, 3.8) is 0 Å². The van der Waals surface area contributed by atoms with Crippen molar-refractivity contribution in [1.82, 2.24) is 10.3 Å². The largest absolute Gasteiger partial charge is 0.306 e. The summed E-state index contributed by atoms with van der Waals surface area (Å²) >= 11 is 1.66. The summed E-state index contributed by atoms with van der Waals surface area (Å²) in [6.45, 7) is 1.12. The molecule has 4 rings (SSSR count). The average Bonchev–Trinajstić information content (AvgIpc) is 3.19. The van der Waals surface area contributed by atoms with E-state index in [-0.39, 0.29) is 5.82 Å². The molecule has 1 heterocycles. The number of halogens is 1. The van der Waals surface area contributed by atoms with Crippen molar-refractivity contribution in [2.24, 2.45) is 0 Å². The van der Waals surface area contributed by atoms with Crippen LogP contribution in [0.3, 0.4) is 0 Å². The molecule has 0 radical (unpaired) electrons. The fourth-order valence-corrected chi connectivity index (χ4v) is 3.82. The minimum absolute atomic E-state index is 0.177. The highest BCUT2D eigenvalue weighted by atomic mass is 32.1. The molecule has 0 aliphatic rings. The van der Waals surface area contributed by atoms with E-state index in [2.05, 4.69) is 46.7 Å². The van der Waals surface area contributed by atoms with Crippen molar-refractivity contribution in [1.29, 1.82) is 0 Å². The molecule has 4 heteroatoms. The molecule has 0 atom stereocenters. The van der Waals surface area contributed by atoms with E-state index in [1.165, 1.54) is 17.2 Å². The molecule has 134 valence electrons. The number of hydrogen-bond acceptors (Lipinski definition) is 3. The fourth-order valence-electron chi connectivity index (χ4n) is 2.93. The van der Waals surface area contributed by atoms with E-state index in [0.717, 1.165) is 15.4 Å². The summed E-state index contributed by atoms with van der Waals surface area (Å²) in [6.07, 6.45) is 1.91. The lowest BCUT2D eigenvalue weighted by Gasteiger charge is -2.04. The monoisotopic (exact) mass is 374 g/mol. The van der Waals surface area contributed by atoms with Gasteiger partial charge in [0.05, 0.1) is 4.88 Å². The Bertz CT molecular complexity index is 1010. The summed E-state index contributed by atoms with van der Waals surface area (Å²) in [4.78, 5) is 5.63. The molecule has 1 N–H and O–H groups in total. The van der Waals surface area contributed by atoms with Crippen molar-refractivity contribution in [3.05, 3.63) is 101 Å². The highest BCUT2D eigenvalue weighted by Gasteiger charge is 2.06. The Morgan fingerprint density at radius 3 is 2.19 bits per heavy atom. The van der Waals surface area contributed by atoms with Gasteiger partial charge in [0, 0.05) is 24.8 Å². The van der Waals surface area contributed by atoms with Gasteiger partial charge in [-0.15, -0.1) is 11.3 Å². The third kappa shape index (κ3) is 4.30. The topological polar surface area (TPSA) is 24.9 Å². The van der Waals surface area contributed by atoms with E-state index in [1.807, 2.05) is 30.5 Å². The predicted octanol–water partition coefficient (Wildman–Crippen LogP) is 5.91. The summed E-state index contributed by atoms with van der Waals surface area (Å²) < 4.78 is 13.6. The number of nitrogens with zero attached hydrogens (tertiary/aromatic N) is 1. The first-order valence-electron chi connectivity index (χ1n) is 8.84. The first-order valence-corrected chi connectivity index (χ1v) is 9.66. The zero-order valence-electron chi connectivity index (χ0n) is 14.7. The van der Waals surface area contributed by atoms with Crippen molar-refractivity contribution >= 4 is 11.3 Å². The van der Waals surface area contributed by atoms with E-state index < -0.39 is 0 Å². The highest BCUT2D eigenvalue weighted by Crippen LogP contribution is 2.28. The molecule has 0 saturated heterocycles. The number of nitrogens with one attached hydrogen (secondary N) is 1. The second kappa shape index (κ2) is 8.25. The Labute approximate surface area is 162 Å². The number of benzene rings is 3. The minimum Gasteiger partial charge on any atom is -0.306 e. The normalized spacial score (nSPS) is 10.9. The van der Waals surface area contributed by atoms with E-state index >= 15 is 0 Å². The summed E-state index contributed by atoms with van der Waals surface area (Å²) in [5, 5.41) is 4.26. The van der Waals surface area contributed by atoms with E-state index in [0.29, 0.717) is 18.7 Å². The smallest absolute Gasteiger partial charge is 0.127 e. The quantitative estimate of drug-likeness (QED) is 0.454. The lowest BCUT2D eigenvalue weighted by atomic mass is 10.0.